The summed E-state index contributed by atoms with van der Waals surface area (Å²) in [6.07, 6.45) is 5.37. The van der Waals surface area contributed by atoms with Gasteiger partial charge in [-0.25, -0.2) is 0 Å². The van der Waals surface area contributed by atoms with Gasteiger partial charge in [0.15, 0.2) is 0 Å². The van der Waals surface area contributed by atoms with Gasteiger partial charge in [-0.05, 0) is 30.9 Å². The van der Waals surface area contributed by atoms with Crippen molar-refractivity contribution in [1.29, 1.82) is 0 Å². The third-order valence-electron chi connectivity index (χ3n) is 3.33. The predicted molar refractivity (Wildman–Crippen MR) is 57.7 cm³/mol. The number of pyridine rings is 1. The number of nitrogens with one attached hydrogen (secondary N) is 1. The Labute approximate surface area is 89.9 Å². The second-order valence-corrected chi connectivity index (χ2v) is 4.37. The minimum Gasteiger partial charge on any atom is -0.380 e. The number of nitrogens with zero attached hydrogens (tertiary/aromatic N) is 1. The van der Waals surface area contributed by atoms with Crippen molar-refractivity contribution >= 4 is 0 Å². The highest BCUT2D eigenvalue weighted by molar-refractivity contribution is 5.28. The summed E-state index contributed by atoms with van der Waals surface area (Å²) in [4.78, 5) is 4.48. The summed E-state index contributed by atoms with van der Waals surface area (Å²) in [5.74, 6) is 0. The van der Waals surface area contributed by atoms with Gasteiger partial charge in [0.25, 0.3) is 0 Å². The van der Waals surface area contributed by atoms with Crippen molar-refractivity contribution < 1.29 is 4.74 Å². The van der Waals surface area contributed by atoms with Crippen LogP contribution in [0.2, 0.25) is 0 Å². The van der Waals surface area contributed by atoms with E-state index in [1.807, 2.05) is 12.3 Å². The Balaban J connectivity index is 1.73. The molecule has 0 spiro atoms. The molecule has 1 fully saturated rings. The van der Waals surface area contributed by atoms with Gasteiger partial charge in [0.2, 0.25) is 0 Å². The molecule has 1 saturated heterocycles. The van der Waals surface area contributed by atoms with Crippen molar-refractivity contribution in [2.45, 2.75) is 31.3 Å². The molecule has 3 nitrogen and oxygen atoms in total. The van der Waals surface area contributed by atoms with E-state index < -0.39 is 0 Å². The van der Waals surface area contributed by atoms with Crippen LogP contribution in [-0.4, -0.2) is 24.2 Å². The first-order valence-electron chi connectivity index (χ1n) is 5.71. The minimum absolute atomic E-state index is 0.452. The van der Waals surface area contributed by atoms with Crippen LogP contribution in [0, 0.1) is 0 Å². The van der Waals surface area contributed by atoms with E-state index in [9.17, 15) is 0 Å². The topological polar surface area (TPSA) is 34.2 Å². The highest BCUT2D eigenvalue weighted by Crippen LogP contribution is 2.29. The first-order chi connectivity index (χ1) is 7.43. The molecule has 3 rings (SSSR count). The maximum Gasteiger partial charge on any atom is 0.0620 e. The van der Waals surface area contributed by atoms with E-state index >= 15 is 0 Å². The molecule has 1 aliphatic carbocycles. The molecular formula is C12H16N2O. The Hall–Kier alpha value is -0.930. The minimum atomic E-state index is 0.452. The van der Waals surface area contributed by atoms with Gasteiger partial charge in [-0.15, -0.1) is 0 Å². The van der Waals surface area contributed by atoms with Crippen molar-refractivity contribution in [1.82, 2.24) is 10.3 Å². The van der Waals surface area contributed by atoms with Crippen molar-refractivity contribution in [3.63, 3.8) is 0 Å². The predicted octanol–water partition coefficient (Wildman–Crippen LogP) is 1.45. The molecule has 0 amide bonds. The van der Waals surface area contributed by atoms with Crippen molar-refractivity contribution in [2.24, 2.45) is 0 Å². The van der Waals surface area contributed by atoms with Gasteiger partial charge in [0, 0.05) is 18.8 Å². The second kappa shape index (κ2) is 3.91. The number of rotatable bonds is 2. The Morgan fingerprint density at radius 1 is 1.40 bits per heavy atom. The quantitative estimate of drug-likeness (QED) is 0.791. The van der Waals surface area contributed by atoms with Crippen LogP contribution in [0.3, 0.4) is 0 Å². The van der Waals surface area contributed by atoms with E-state index in [-0.39, 0.29) is 0 Å². The van der Waals surface area contributed by atoms with E-state index in [0.29, 0.717) is 12.1 Å². The van der Waals surface area contributed by atoms with Gasteiger partial charge >= 0.3 is 0 Å². The summed E-state index contributed by atoms with van der Waals surface area (Å²) >= 11 is 0. The maximum atomic E-state index is 5.37. The third-order valence-corrected chi connectivity index (χ3v) is 3.33. The Kier molecular flexibility index (Phi) is 2.43. The summed E-state index contributed by atoms with van der Waals surface area (Å²) in [5, 5.41) is 3.65. The molecule has 2 heterocycles. The summed E-state index contributed by atoms with van der Waals surface area (Å²) in [6.45, 7) is 1.76. The number of ether oxygens (including phenoxy) is 1. The molecule has 2 aliphatic rings. The molecule has 1 aromatic rings. The molecule has 1 aromatic heterocycles. The number of aromatic nitrogens is 1. The number of aryl methyl sites for hydroxylation is 1. The average molecular weight is 204 g/mol. The first kappa shape index (κ1) is 9.31. The fraction of sp³-hybridized carbons (Fsp3) is 0.583. The third kappa shape index (κ3) is 1.77. The SMILES string of the molecule is c1cnc2c(c1)CCC2NC1CCOC1. The van der Waals surface area contributed by atoms with Gasteiger partial charge in [0.05, 0.1) is 18.3 Å². The average Bonchev–Trinajstić information content (AvgIpc) is 2.89. The van der Waals surface area contributed by atoms with E-state index in [0.717, 1.165) is 26.1 Å². The Bertz CT molecular complexity index is 347. The largest absolute Gasteiger partial charge is 0.380 e. The Morgan fingerprint density at radius 2 is 2.40 bits per heavy atom. The van der Waals surface area contributed by atoms with Gasteiger partial charge in [-0.1, -0.05) is 6.07 Å². The smallest absolute Gasteiger partial charge is 0.0620 e. The lowest BCUT2D eigenvalue weighted by Crippen LogP contribution is -2.32. The van der Waals surface area contributed by atoms with Crippen molar-refractivity contribution in [2.75, 3.05) is 13.2 Å². The molecule has 3 heteroatoms. The van der Waals surface area contributed by atoms with Crippen LogP contribution >= 0.6 is 0 Å². The van der Waals surface area contributed by atoms with Crippen LogP contribution in [0.15, 0.2) is 18.3 Å². The van der Waals surface area contributed by atoms with E-state index in [1.54, 1.807) is 0 Å². The number of hydrogen-bond acceptors (Lipinski definition) is 3. The van der Waals surface area contributed by atoms with E-state index in [1.165, 1.54) is 17.7 Å². The van der Waals surface area contributed by atoms with Crippen LogP contribution in [0.1, 0.15) is 30.1 Å². The standard InChI is InChI=1S/C12H16N2O/c1-2-9-3-4-11(12(9)13-6-1)14-10-5-7-15-8-10/h1-2,6,10-11,14H,3-5,7-8H2. The molecule has 0 aromatic carbocycles. The molecule has 1 aliphatic heterocycles. The monoisotopic (exact) mass is 204 g/mol. The van der Waals surface area contributed by atoms with Gasteiger partial charge in [-0.3, -0.25) is 4.98 Å². The van der Waals surface area contributed by atoms with Crippen LogP contribution < -0.4 is 5.32 Å². The molecule has 0 saturated carbocycles. The molecule has 2 atom stereocenters. The zero-order valence-electron chi connectivity index (χ0n) is 8.78. The van der Waals surface area contributed by atoms with E-state index in [4.69, 9.17) is 4.74 Å². The van der Waals surface area contributed by atoms with Crippen LogP contribution in [0.5, 0.6) is 0 Å². The molecule has 80 valence electrons. The molecule has 15 heavy (non-hydrogen) atoms. The highest BCUT2D eigenvalue weighted by Gasteiger charge is 2.27. The second-order valence-electron chi connectivity index (χ2n) is 4.37. The molecule has 0 radical (unpaired) electrons. The van der Waals surface area contributed by atoms with Gasteiger partial charge in [-0.2, -0.15) is 0 Å². The van der Waals surface area contributed by atoms with Crippen LogP contribution in [0.4, 0.5) is 0 Å². The Morgan fingerprint density at radius 3 is 3.27 bits per heavy atom. The normalized spacial score (nSPS) is 29.3. The summed E-state index contributed by atoms with van der Waals surface area (Å²) in [5.41, 5.74) is 2.67. The fourth-order valence-corrected chi connectivity index (χ4v) is 2.53. The summed E-state index contributed by atoms with van der Waals surface area (Å²) in [6, 6.07) is 5.20. The lowest BCUT2D eigenvalue weighted by Gasteiger charge is -2.17. The summed E-state index contributed by atoms with van der Waals surface area (Å²) in [7, 11) is 0. The molecular weight excluding hydrogens is 188 g/mol. The first-order valence-corrected chi connectivity index (χ1v) is 5.71. The zero-order chi connectivity index (χ0) is 10.1. The van der Waals surface area contributed by atoms with Crippen molar-refractivity contribution in [3.05, 3.63) is 29.6 Å². The molecule has 0 bridgehead atoms. The van der Waals surface area contributed by atoms with E-state index in [2.05, 4.69) is 16.4 Å². The summed E-state index contributed by atoms with van der Waals surface area (Å²) < 4.78 is 5.37. The fourth-order valence-electron chi connectivity index (χ4n) is 2.53. The van der Waals surface area contributed by atoms with Crippen molar-refractivity contribution in [3.8, 4) is 0 Å². The zero-order valence-corrected chi connectivity index (χ0v) is 8.78. The molecule has 1 N–H and O–H groups in total. The number of fused-ring (bicyclic) bond motifs is 1. The van der Waals surface area contributed by atoms with Crippen LogP contribution in [-0.2, 0) is 11.2 Å². The lowest BCUT2D eigenvalue weighted by molar-refractivity contribution is 0.187. The van der Waals surface area contributed by atoms with Gasteiger partial charge in [0.1, 0.15) is 0 Å². The lowest BCUT2D eigenvalue weighted by atomic mass is 10.1. The number of hydrogen-bond donors (Lipinski definition) is 1. The van der Waals surface area contributed by atoms with Crippen LogP contribution in [0.25, 0.3) is 0 Å². The van der Waals surface area contributed by atoms with Gasteiger partial charge < -0.3 is 10.1 Å². The molecule has 2 unspecified atom stereocenters. The highest BCUT2D eigenvalue weighted by atomic mass is 16.5. The maximum absolute atomic E-state index is 5.37.